The molecule has 11 rings (SSSR count). The first-order chi connectivity index (χ1) is 28.2. The van der Waals surface area contributed by atoms with Crippen molar-refractivity contribution in [1.82, 2.24) is 0 Å². The van der Waals surface area contributed by atoms with E-state index >= 15 is 0 Å². The van der Waals surface area contributed by atoms with Gasteiger partial charge in [0.2, 0.25) is 0 Å². The molecule has 0 radical (unpaired) electrons. The first-order valence-corrected chi connectivity index (χ1v) is 20.0. The molecule has 0 saturated carbocycles. The van der Waals surface area contributed by atoms with E-state index in [4.69, 9.17) is 4.42 Å². The number of benzene rings is 9. The van der Waals surface area contributed by atoms with Gasteiger partial charge in [0.15, 0.2) is 0 Å². The fourth-order valence-electron chi connectivity index (χ4n) is 8.12. The summed E-state index contributed by atoms with van der Waals surface area (Å²) in [5.74, 6) is 0. The number of fused-ring (bicyclic) bond motifs is 7. The molecule has 57 heavy (non-hydrogen) atoms. The second kappa shape index (κ2) is 13.7. The van der Waals surface area contributed by atoms with Crippen molar-refractivity contribution in [2.45, 2.75) is 0 Å². The third kappa shape index (κ3) is 6.02. The van der Waals surface area contributed by atoms with Crippen LogP contribution in [0, 0.1) is 0 Å². The molecule has 3 N–H and O–H groups in total. The highest BCUT2D eigenvalue weighted by molar-refractivity contribution is 7.26. The lowest BCUT2D eigenvalue weighted by Crippen LogP contribution is -1.91. The van der Waals surface area contributed by atoms with Crippen LogP contribution in [0.1, 0.15) is 0 Å². The summed E-state index contributed by atoms with van der Waals surface area (Å²) in [6, 6.07) is 68.4. The van der Waals surface area contributed by atoms with Gasteiger partial charge in [0.05, 0.1) is 0 Å². The van der Waals surface area contributed by atoms with Gasteiger partial charge in [0, 0.05) is 76.0 Å². The van der Waals surface area contributed by atoms with Gasteiger partial charge in [-0.25, -0.2) is 0 Å². The molecular weight excluding hydrogens is 715 g/mol. The summed E-state index contributed by atoms with van der Waals surface area (Å²) >= 11 is 1.85. The average molecular weight is 750 g/mol. The van der Waals surface area contributed by atoms with Gasteiger partial charge in [0.25, 0.3) is 0 Å². The molecule has 0 atom stereocenters. The predicted octanol–water partition coefficient (Wildman–Crippen LogP) is 15.7. The van der Waals surface area contributed by atoms with E-state index < -0.39 is 0 Å². The number of anilines is 6. The maximum atomic E-state index is 6.62. The van der Waals surface area contributed by atoms with E-state index in [0.717, 1.165) is 72.6 Å². The molecule has 0 unspecified atom stereocenters. The van der Waals surface area contributed by atoms with Crippen molar-refractivity contribution in [3.8, 4) is 22.3 Å². The van der Waals surface area contributed by atoms with Gasteiger partial charge >= 0.3 is 0 Å². The largest absolute Gasteiger partial charge is 0.455 e. The van der Waals surface area contributed by atoms with Crippen LogP contribution in [0.25, 0.3) is 75.1 Å². The lowest BCUT2D eigenvalue weighted by molar-refractivity contribution is 0.670. The van der Waals surface area contributed by atoms with Crippen molar-refractivity contribution in [3.63, 3.8) is 0 Å². The summed E-state index contributed by atoms with van der Waals surface area (Å²) in [5, 5.41) is 18.0. The molecule has 0 aliphatic carbocycles. The van der Waals surface area contributed by atoms with E-state index in [1.807, 2.05) is 35.6 Å². The molecule has 0 aliphatic rings. The molecule has 11 aromatic rings. The van der Waals surface area contributed by atoms with Gasteiger partial charge in [-0.15, -0.1) is 11.3 Å². The smallest absolute Gasteiger partial charge is 0.143 e. The third-order valence-corrected chi connectivity index (χ3v) is 12.0. The maximum absolute atomic E-state index is 6.62. The molecule has 0 saturated heterocycles. The first-order valence-electron chi connectivity index (χ1n) is 19.2. The average Bonchev–Trinajstić information content (AvgIpc) is 3.84. The van der Waals surface area contributed by atoms with Crippen LogP contribution in [0.3, 0.4) is 0 Å². The zero-order valence-electron chi connectivity index (χ0n) is 30.8. The summed E-state index contributed by atoms with van der Waals surface area (Å²) < 4.78 is 9.17. The highest BCUT2D eigenvalue weighted by Gasteiger charge is 2.16. The standard InChI is InChI=1S/C52H35N3OS/c1-3-14-36(15-4-1)54-46-23-8-12-33-26-27-35(31-44(33)46)40-19-9-21-42-45-32-39(28-29-48(45)56-51(40)42)53-38-18-7-13-34(30-38)41-20-10-22-43-50-47(55-37-16-5-2-6-17-37)24-11-25-49(50)57-52(41)43/h1-32,53-55H. The zero-order valence-corrected chi connectivity index (χ0v) is 31.6. The lowest BCUT2D eigenvalue weighted by atomic mass is 9.98. The van der Waals surface area contributed by atoms with Crippen LogP contribution in [0.4, 0.5) is 34.1 Å². The van der Waals surface area contributed by atoms with Crippen LogP contribution in [-0.4, -0.2) is 0 Å². The Labute approximate surface area is 333 Å². The second-order valence-corrected chi connectivity index (χ2v) is 15.4. The zero-order chi connectivity index (χ0) is 37.7. The van der Waals surface area contributed by atoms with Crippen molar-refractivity contribution in [2.24, 2.45) is 0 Å². The predicted molar refractivity (Wildman–Crippen MR) is 244 cm³/mol. The minimum absolute atomic E-state index is 0.863. The van der Waals surface area contributed by atoms with Crippen molar-refractivity contribution in [2.75, 3.05) is 16.0 Å². The fourth-order valence-corrected chi connectivity index (χ4v) is 9.38. The van der Waals surface area contributed by atoms with Crippen molar-refractivity contribution in [3.05, 3.63) is 194 Å². The Morgan fingerprint density at radius 1 is 0.386 bits per heavy atom. The van der Waals surface area contributed by atoms with Crippen molar-refractivity contribution in [1.29, 1.82) is 0 Å². The van der Waals surface area contributed by atoms with Crippen LogP contribution in [0.2, 0.25) is 0 Å². The Bertz CT molecular complexity index is 3280. The van der Waals surface area contributed by atoms with E-state index in [9.17, 15) is 0 Å². The summed E-state index contributed by atoms with van der Waals surface area (Å²) in [4.78, 5) is 0. The van der Waals surface area contributed by atoms with Gasteiger partial charge < -0.3 is 20.4 Å². The lowest BCUT2D eigenvalue weighted by Gasteiger charge is -2.12. The Morgan fingerprint density at radius 3 is 1.89 bits per heavy atom. The van der Waals surface area contributed by atoms with Crippen LogP contribution in [-0.2, 0) is 0 Å². The molecule has 2 aromatic heterocycles. The first kappa shape index (κ1) is 33.0. The molecule has 5 heteroatoms. The number of hydrogen-bond acceptors (Lipinski definition) is 5. The van der Waals surface area contributed by atoms with Crippen LogP contribution >= 0.6 is 11.3 Å². The Kier molecular flexibility index (Phi) is 7.97. The monoisotopic (exact) mass is 749 g/mol. The normalized spacial score (nSPS) is 11.5. The highest BCUT2D eigenvalue weighted by atomic mass is 32.1. The Morgan fingerprint density at radius 2 is 1.05 bits per heavy atom. The molecule has 4 nitrogen and oxygen atoms in total. The molecule has 0 bridgehead atoms. The maximum Gasteiger partial charge on any atom is 0.143 e. The van der Waals surface area contributed by atoms with Crippen LogP contribution in [0.5, 0.6) is 0 Å². The minimum atomic E-state index is 0.863. The minimum Gasteiger partial charge on any atom is -0.455 e. The van der Waals surface area contributed by atoms with E-state index in [2.05, 4.69) is 186 Å². The van der Waals surface area contributed by atoms with E-state index in [-0.39, 0.29) is 0 Å². The molecule has 0 spiro atoms. The van der Waals surface area contributed by atoms with Crippen LogP contribution in [0.15, 0.2) is 199 Å². The quantitative estimate of drug-likeness (QED) is 0.145. The summed E-state index contributed by atoms with van der Waals surface area (Å²) in [7, 11) is 0. The topological polar surface area (TPSA) is 49.2 Å². The number of nitrogens with one attached hydrogen (secondary N) is 3. The Hall–Kier alpha value is -7.34. The van der Waals surface area contributed by atoms with E-state index in [0.29, 0.717) is 0 Å². The Balaban J connectivity index is 0.922. The molecule has 0 fully saturated rings. The van der Waals surface area contributed by atoms with Gasteiger partial charge in [-0.3, -0.25) is 0 Å². The number of thiophene rings is 1. The molecule has 0 amide bonds. The van der Waals surface area contributed by atoms with Gasteiger partial charge in [-0.2, -0.15) is 0 Å². The van der Waals surface area contributed by atoms with Crippen LogP contribution < -0.4 is 16.0 Å². The van der Waals surface area contributed by atoms with Gasteiger partial charge in [-0.05, 0) is 101 Å². The van der Waals surface area contributed by atoms with Gasteiger partial charge in [0.1, 0.15) is 11.2 Å². The van der Waals surface area contributed by atoms with E-state index in [1.165, 1.54) is 36.7 Å². The summed E-state index contributed by atoms with van der Waals surface area (Å²) in [6.07, 6.45) is 0. The number of furan rings is 1. The number of para-hydroxylation sites is 3. The molecule has 0 aliphatic heterocycles. The summed E-state index contributed by atoms with van der Waals surface area (Å²) in [5.41, 5.74) is 12.7. The molecule has 270 valence electrons. The number of hydrogen-bond donors (Lipinski definition) is 3. The molecule has 2 heterocycles. The summed E-state index contributed by atoms with van der Waals surface area (Å²) in [6.45, 7) is 0. The second-order valence-electron chi connectivity index (χ2n) is 14.4. The third-order valence-electron chi connectivity index (χ3n) is 10.8. The van der Waals surface area contributed by atoms with Gasteiger partial charge in [-0.1, -0.05) is 115 Å². The highest BCUT2D eigenvalue weighted by Crippen LogP contribution is 2.44. The van der Waals surface area contributed by atoms with Crippen molar-refractivity contribution < 1.29 is 4.42 Å². The SMILES string of the molecule is c1ccc(Nc2cccc3ccc(-c4cccc5c4oc4ccc(Nc6cccc(-c7cccc8c7sc7cccc(Nc9ccccc9)c78)c6)cc45)cc23)cc1. The van der Waals surface area contributed by atoms with Crippen molar-refractivity contribution >= 4 is 98.3 Å². The number of rotatable bonds is 8. The van der Waals surface area contributed by atoms with E-state index in [1.54, 1.807) is 0 Å². The fraction of sp³-hybridized carbons (Fsp3) is 0. The molecule has 9 aromatic carbocycles. The molecular formula is C52H35N3OS.